The van der Waals surface area contributed by atoms with Gasteiger partial charge in [-0.3, -0.25) is 0 Å². The van der Waals surface area contributed by atoms with Gasteiger partial charge in [0.1, 0.15) is 0 Å². The molecule has 0 saturated heterocycles. The van der Waals surface area contributed by atoms with Gasteiger partial charge < -0.3 is 18.6 Å². The molecule has 0 fully saturated rings. The fraction of sp³-hybridized carbons (Fsp3) is 0. The Bertz CT molecular complexity index is 4590. The number of hydrogen-bond acceptors (Lipinski definition) is 1. The molecular formula is C72H48N4. The van der Waals surface area contributed by atoms with Gasteiger partial charge in [-0.15, -0.1) is 0 Å². The summed E-state index contributed by atoms with van der Waals surface area (Å²) >= 11 is 0. The van der Waals surface area contributed by atoms with Crippen molar-refractivity contribution in [2.24, 2.45) is 0 Å². The van der Waals surface area contributed by atoms with Gasteiger partial charge in [0.2, 0.25) is 0 Å². The Labute approximate surface area is 440 Å². The summed E-state index contributed by atoms with van der Waals surface area (Å²) in [6.45, 7) is 0. The van der Waals surface area contributed by atoms with E-state index in [0.29, 0.717) is 0 Å². The quantitative estimate of drug-likeness (QED) is 0.141. The minimum absolute atomic E-state index is 1.08. The predicted molar refractivity (Wildman–Crippen MR) is 320 cm³/mol. The van der Waals surface area contributed by atoms with E-state index in [-0.39, 0.29) is 0 Å². The van der Waals surface area contributed by atoms with Crippen LogP contribution in [0.2, 0.25) is 0 Å². The maximum Gasteiger partial charge on any atom is 0.0547 e. The lowest BCUT2D eigenvalue weighted by Gasteiger charge is -2.26. The largest absolute Gasteiger partial charge is 0.311 e. The number of para-hydroxylation sites is 6. The fourth-order valence-electron chi connectivity index (χ4n) is 11.9. The zero-order valence-electron chi connectivity index (χ0n) is 41.5. The molecule has 4 nitrogen and oxygen atoms in total. The summed E-state index contributed by atoms with van der Waals surface area (Å²) in [4.78, 5) is 2.37. The zero-order chi connectivity index (χ0) is 50.1. The van der Waals surface area contributed by atoms with Crippen LogP contribution in [0.25, 0.3) is 116 Å². The smallest absolute Gasteiger partial charge is 0.0547 e. The van der Waals surface area contributed by atoms with Crippen molar-refractivity contribution in [3.63, 3.8) is 0 Å². The Morgan fingerprint density at radius 3 is 0.934 bits per heavy atom. The summed E-state index contributed by atoms with van der Waals surface area (Å²) in [5.41, 5.74) is 21.0. The minimum Gasteiger partial charge on any atom is -0.311 e. The molecule has 15 rings (SSSR count). The van der Waals surface area contributed by atoms with E-state index in [0.717, 1.165) is 39.6 Å². The Balaban J connectivity index is 0.782. The lowest BCUT2D eigenvalue weighted by atomic mass is 9.98. The van der Waals surface area contributed by atoms with Crippen molar-refractivity contribution in [3.8, 4) is 50.4 Å². The van der Waals surface area contributed by atoms with Crippen LogP contribution in [-0.2, 0) is 0 Å². The first-order valence-corrected chi connectivity index (χ1v) is 26.1. The van der Waals surface area contributed by atoms with Crippen molar-refractivity contribution in [2.75, 3.05) is 4.90 Å². The summed E-state index contributed by atoms with van der Waals surface area (Å²) in [7, 11) is 0. The van der Waals surface area contributed by atoms with Gasteiger partial charge in [-0.2, -0.15) is 0 Å². The van der Waals surface area contributed by atoms with Crippen molar-refractivity contribution >= 4 is 82.5 Å². The lowest BCUT2D eigenvalue weighted by Crippen LogP contribution is -2.10. The second-order valence-corrected chi connectivity index (χ2v) is 19.7. The number of fused-ring (bicyclic) bond motifs is 9. The van der Waals surface area contributed by atoms with Crippen LogP contribution in [0.1, 0.15) is 0 Å². The molecule has 15 aromatic rings. The van der Waals surface area contributed by atoms with Gasteiger partial charge in [0.05, 0.1) is 33.1 Å². The van der Waals surface area contributed by atoms with Gasteiger partial charge in [0.25, 0.3) is 0 Å². The van der Waals surface area contributed by atoms with E-state index in [2.05, 4.69) is 310 Å². The molecular weight excluding hydrogens is 921 g/mol. The number of benzene rings is 12. The third kappa shape index (κ3) is 7.14. The third-order valence-corrected chi connectivity index (χ3v) is 15.5. The SMILES string of the molecule is c1ccc(-n2c3ccccc3c3cc(-c4ccc(-c5ccc(N(c6ccc(-c7ccc8c9ccccc9n(-c9ccccc9)c8c7)cc6)c6ccc(-n7c8ccccc8c8ccccc87)cc6)cc5)cc4)ccc32)cc1. The van der Waals surface area contributed by atoms with Gasteiger partial charge in [-0.1, -0.05) is 176 Å². The average molecular weight is 969 g/mol. The highest BCUT2D eigenvalue weighted by Gasteiger charge is 2.19. The second kappa shape index (κ2) is 17.8. The Morgan fingerprint density at radius 2 is 0.474 bits per heavy atom. The zero-order valence-corrected chi connectivity index (χ0v) is 41.5. The molecule has 0 N–H and O–H groups in total. The van der Waals surface area contributed by atoms with Crippen LogP contribution in [0.5, 0.6) is 0 Å². The van der Waals surface area contributed by atoms with E-state index in [1.807, 2.05) is 0 Å². The summed E-state index contributed by atoms with van der Waals surface area (Å²) in [5, 5.41) is 7.51. The maximum atomic E-state index is 2.39. The van der Waals surface area contributed by atoms with E-state index in [1.54, 1.807) is 0 Å². The van der Waals surface area contributed by atoms with Gasteiger partial charge >= 0.3 is 0 Å². The molecule has 356 valence electrons. The molecule has 3 heterocycles. The van der Waals surface area contributed by atoms with E-state index >= 15 is 0 Å². The number of rotatable bonds is 9. The van der Waals surface area contributed by atoms with Gasteiger partial charge in [0.15, 0.2) is 0 Å². The van der Waals surface area contributed by atoms with Crippen LogP contribution in [0.4, 0.5) is 17.1 Å². The van der Waals surface area contributed by atoms with E-state index in [4.69, 9.17) is 0 Å². The van der Waals surface area contributed by atoms with Gasteiger partial charge in [0, 0.05) is 66.4 Å². The predicted octanol–water partition coefficient (Wildman–Crippen LogP) is 19.4. The second-order valence-electron chi connectivity index (χ2n) is 19.7. The summed E-state index contributed by atoms with van der Waals surface area (Å²) < 4.78 is 7.14. The molecule has 0 unspecified atom stereocenters. The number of aromatic nitrogens is 3. The van der Waals surface area contributed by atoms with E-state index < -0.39 is 0 Å². The molecule has 0 aliphatic rings. The molecule has 0 spiro atoms. The number of hydrogen-bond donors (Lipinski definition) is 0. The summed E-state index contributed by atoms with van der Waals surface area (Å²) in [6.07, 6.45) is 0. The molecule has 12 aromatic carbocycles. The highest BCUT2D eigenvalue weighted by molar-refractivity contribution is 6.12. The fourth-order valence-corrected chi connectivity index (χ4v) is 11.9. The van der Waals surface area contributed by atoms with Crippen LogP contribution < -0.4 is 4.90 Å². The third-order valence-electron chi connectivity index (χ3n) is 15.5. The Morgan fingerprint density at radius 1 is 0.184 bits per heavy atom. The molecule has 0 aliphatic heterocycles. The highest BCUT2D eigenvalue weighted by Crippen LogP contribution is 2.41. The van der Waals surface area contributed by atoms with E-state index in [1.165, 1.54) is 93.4 Å². The first-order valence-electron chi connectivity index (χ1n) is 26.1. The summed E-state index contributed by atoms with van der Waals surface area (Å²) in [5.74, 6) is 0. The highest BCUT2D eigenvalue weighted by atomic mass is 15.1. The van der Waals surface area contributed by atoms with E-state index in [9.17, 15) is 0 Å². The van der Waals surface area contributed by atoms with Crippen molar-refractivity contribution < 1.29 is 0 Å². The summed E-state index contributed by atoms with van der Waals surface area (Å²) in [6, 6.07) is 106. The maximum absolute atomic E-state index is 2.39. The van der Waals surface area contributed by atoms with Gasteiger partial charge in [-0.05, 0) is 149 Å². The molecule has 0 aliphatic carbocycles. The molecule has 0 atom stereocenters. The monoisotopic (exact) mass is 968 g/mol. The van der Waals surface area contributed by atoms with Crippen LogP contribution in [0.15, 0.2) is 291 Å². The standard InChI is InChI=1S/C72H48N4/c1-3-15-55(16-4-1)74-70-26-14-10-22-64(70)66-47-53(36-46-71(66)74)51-29-27-49(28-30-51)50-31-37-57(38-32-50)73(59-41-43-60(44-42-59)75-67-23-11-7-19-61(67)62-20-8-12-24-68(62)75)58-39-33-52(34-40-58)54-35-45-65-63-21-9-13-25-69(63)76(72(65)48-54)56-17-5-2-6-18-56/h1-48H. The van der Waals surface area contributed by atoms with Crippen LogP contribution >= 0.6 is 0 Å². The van der Waals surface area contributed by atoms with Gasteiger partial charge in [-0.25, -0.2) is 0 Å². The lowest BCUT2D eigenvalue weighted by molar-refractivity contribution is 1.17. The molecule has 0 amide bonds. The van der Waals surface area contributed by atoms with Crippen molar-refractivity contribution in [2.45, 2.75) is 0 Å². The number of nitrogens with zero attached hydrogens (tertiary/aromatic N) is 4. The van der Waals surface area contributed by atoms with Crippen LogP contribution in [0, 0.1) is 0 Å². The normalized spacial score (nSPS) is 11.7. The molecule has 0 bridgehead atoms. The first-order chi connectivity index (χ1) is 37.7. The molecule has 3 aromatic heterocycles. The van der Waals surface area contributed by atoms with Crippen LogP contribution in [0.3, 0.4) is 0 Å². The van der Waals surface area contributed by atoms with Crippen molar-refractivity contribution in [3.05, 3.63) is 291 Å². The first kappa shape index (κ1) is 43.4. The Kier molecular flexibility index (Phi) is 10.2. The number of anilines is 3. The minimum atomic E-state index is 1.08. The van der Waals surface area contributed by atoms with Crippen molar-refractivity contribution in [1.82, 2.24) is 13.7 Å². The Hall–Kier alpha value is -10.2. The molecule has 76 heavy (non-hydrogen) atoms. The topological polar surface area (TPSA) is 18.0 Å². The molecule has 4 heteroatoms. The molecule has 0 saturated carbocycles. The van der Waals surface area contributed by atoms with Crippen molar-refractivity contribution in [1.29, 1.82) is 0 Å². The van der Waals surface area contributed by atoms with Crippen LogP contribution in [-0.4, -0.2) is 13.7 Å². The molecule has 0 radical (unpaired) electrons. The average Bonchev–Trinajstić information content (AvgIpc) is 4.19.